The minimum absolute atomic E-state index is 0.318. The summed E-state index contributed by atoms with van der Waals surface area (Å²) in [6.45, 7) is 0. The van der Waals surface area contributed by atoms with E-state index >= 15 is 0 Å². The fourth-order valence-electron chi connectivity index (χ4n) is 3.57. The van der Waals surface area contributed by atoms with Gasteiger partial charge in [-0.1, -0.05) is 23.2 Å². The summed E-state index contributed by atoms with van der Waals surface area (Å²) in [5, 5.41) is 3.40. The van der Waals surface area contributed by atoms with Crippen LogP contribution in [-0.2, 0) is 33.8 Å². The predicted octanol–water partition coefficient (Wildman–Crippen LogP) is 3.75. The van der Waals surface area contributed by atoms with Crippen LogP contribution in [0.25, 0.3) is 0 Å². The Morgan fingerprint density at radius 3 is 2.59 bits per heavy atom. The summed E-state index contributed by atoms with van der Waals surface area (Å²) in [5.74, 6) is -2.22. The van der Waals surface area contributed by atoms with Gasteiger partial charge in [0.2, 0.25) is 5.91 Å². The summed E-state index contributed by atoms with van der Waals surface area (Å²) in [4.78, 5) is 25.9. The van der Waals surface area contributed by atoms with Crippen LogP contribution in [0.3, 0.4) is 0 Å². The third kappa shape index (κ3) is 3.55. The van der Waals surface area contributed by atoms with Gasteiger partial charge in [0.15, 0.2) is 10.8 Å². The number of nitrogens with one attached hydrogen (secondary N) is 2. The molecule has 0 spiro atoms. The first-order valence-electron chi connectivity index (χ1n) is 8.58. The van der Waals surface area contributed by atoms with E-state index in [9.17, 15) is 14.1 Å². The Kier molecular flexibility index (Phi) is 5.07. The molecule has 1 aliphatic heterocycles. The lowest BCUT2D eigenvalue weighted by Crippen LogP contribution is -2.44. The van der Waals surface area contributed by atoms with Crippen LogP contribution in [0, 0.1) is 0 Å². The topological polar surface area (TPSA) is 81.3 Å². The summed E-state index contributed by atoms with van der Waals surface area (Å²) in [5.41, 5.74) is 3.08. The van der Waals surface area contributed by atoms with Crippen molar-refractivity contribution in [3.63, 3.8) is 0 Å². The summed E-state index contributed by atoms with van der Waals surface area (Å²) in [6.07, 6.45) is 3.96. The first-order chi connectivity index (χ1) is 12.9. The van der Waals surface area contributed by atoms with E-state index in [2.05, 4.69) is 10.0 Å². The van der Waals surface area contributed by atoms with Crippen molar-refractivity contribution < 1.29 is 14.1 Å². The van der Waals surface area contributed by atoms with Gasteiger partial charge in [-0.3, -0.25) is 9.59 Å². The number of carbonyl (C=O) groups is 2. The SMILES string of the molecule is O=C(Nc1cc(Cl)ccc1Cl)C1C(=O)N[S+]([O-])c2cc3c(cc21)CCCC3. The molecule has 2 aromatic carbocycles. The number of anilines is 1. The lowest BCUT2D eigenvalue weighted by Gasteiger charge is -2.27. The summed E-state index contributed by atoms with van der Waals surface area (Å²) < 4.78 is 14.8. The number of hydrogen-bond donors (Lipinski definition) is 2. The van der Waals surface area contributed by atoms with Crippen molar-refractivity contribution in [1.82, 2.24) is 4.72 Å². The van der Waals surface area contributed by atoms with E-state index in [0.717, 1.165) is 36.8 Å². The second-order valence-electron chi connectivity index (χ2n) is 6.65. The predicted molar refractivity (Wildman–Crippen MR) is 105 cm³/mol. The minimum atomic E-state index is -1.66. The smallest absolute Gasteiger partial charge is 0.278 e. The molecule has 27 heavy (non-hydrogen) atoms. The van der Waals surface area contributed by atoms with Crippen molar-refractivity contribution in [3.05, 3.63) is 57.1 Å². The van der Waals surface area contributed by atoms with Gasteiger partial charge in [0.05, 0.1) is 10.7 Å². The van der Waals surface area contributed by atoms with Crippen LogP contribution in [0.4, 0.5) is 5.69 Å². The van der Waals surface area contributed by atoms with Crippen LogP contribution < -0.4 is 10.0 Å². The zero-order chi connectivity index (χ0) is 19.1. The van der Waals surface area contributed by atoms with Gasteiger partial charge in [0.25, 0.3) is 5.91 Å². The molecule has 0 fully saturated rings. The lowest BCUT2D eigenvalue weighted by molar-refractivity contribution is -0.128. The highest BCUT2D eigenvalue weighted by Gasteiger charge is 2.42. The standard InChI is InChI=1S/C19H16Cl2N2O3S/c20-12-5-6-14(21)15(9-12)22-18(24)17-13-7-10-3-1-2-4-11(10)8-16(13)27(26)23-19(17)25/h5-9,17H,1-4H2,(H,22,24)(H,23,25). The number of fused-ring (bicyclic) bond motifs is 2. The average molecular weight is 423 g/mol. The average Bonchev–Trinajstić information content (AvgIpc) is 2.63. The number of carbonyl (C=O) groups excluding carboxylic acids is 2. The van der Waals surface area contributed by atoms with Gasteiger partial charge in [-0.15, -0.1) is 0 Å². The van der Waals surface area contributed by atoms with Crippen LogP contribution in [0.15, 0.2) is 35.2 Å². The molecule has 0 radical (unpaired) electrons. The molecule has 2 aromatic rings. The molecule has 4 rings (SSSR count). The highest BCUT2D eigenvalue weighted by molar-refractivity contribution is 7.90. The Bertz CT molecular complexity index is 951. The number of hydrogen-bond acceptors (Lipinski definition) is 3. The molecule has 8 heteroatoms. The number of benzene rings is 2. The van der Waals surface area contributed by atoms with Gasteiger partial charge >= 0.3 is 0 Å². The lowest BCUT2D eigenvalue weighted by atomic mass is 9.87. The Hall–Kier alpha value is -1.73. The molecule has 5 nitrogen and oxygen atoms in total. The van der Waals surface area contributed by atoms with Crippen LogP contribution in [0.5, 0.6) is 0 Å². The second-order valence-corrected chi connectivity index (χ2v) is 8.67. The van der Waals surface area contributed by atoms with E-state index in [-0.39, 0.29) is 0 Å². The van der Waals surface area contributed by atoms with E-state index in [0.29, 0.717) is 26.2 Å². The molecule has 0 aromatic heterocycles. The van der Waals surface area contributed by atoms with E-state index in [1.807, 2.05) is 12.1 Å². The maximum atomic E-state index is 12.9. The van der Waals surface area contributed by atoms with Crippen molar-refractivity contribution in [1.29, 1.82) is 0 Å². The molecule has 0 saturated carbocycles. The molecular formula is C19H16Cl2N2O3S. The monoisotopic (exact) mass is 422 g/mol. The summed E-state index contributed by atoms with van der Waals surface area (Å²) in [7, 11) is 0. The molecule has 0 bridgehead atoms. The zero-order valence-electron chi connectivity index (χ0n) is 14.2. The summed E-state index contributed by atoms with van der Waals surface area (Å²) in [6, 6.07) is 8.43. The van der Waals surface area contributed by atoms with Crippen molar-refractivity contribution in [3.8, 4) is 0 Å². The van der Waals surface area contributed by atoms with Gasteiger partial charge in [0.1, 0.15) is 11.4 Å². The molecule has 2 atom stereocenters. The van der Waals surface area contributed by atoms with Crippen molar-refractivity contribution >= 4 is 52.1 Å². The third-order valence-corrected chi connectivity index (χ3v) is 6.59. The van der Waals surface area contributed by atoms with Crippen LogP contribution >= 0.6 is 23.2 Å². The normalized spacial score (nSPS) is 21.1. The minimum Gasteiger partial charge on any atom is -0.588 e. The molecule has 2 N–H and O–H groups in total. The molecule has 2 aliphatic rings. The van der Waals surface area contributed by atoms with Crippen LogP contribution in [0.1, 0.15) is 35.4 Å². The van der Waals surface area contributed by atoms with Crippen LogP contribution in [-0.4, -0.2) is 16.4 Å². The van der Waals surface area contributed by atoms with Gasteiger partial charge in [0, 0.05) is 10.6 Å². The van der Waals surface area contributed by atoms with Gasteiger partial charge < -0.3 is 9.87 Å². The highest BCUT2D eigenvalue weighted by Crippen LogP contribution is 2.36. The van der Waals surface area contributed by atoms with Gasteiger partial charge in [-0.05, 0) is 67.1 Å². The molecule has 1 heterocycles. The molecule has 2 unspecified atom stereocenters. The fraction of sp³-hybridized carbons (Fsp3) is 0.263. The zero-order valence-corrected chi connectivity index (χ0v) is 16.5. The Morgan fingerprint density at radius 2 is 1.85 bits per heavy atom. The van der Waals surface area contributed by atoms with Crippen molar-refractivity contribution in [2.75, 3.05) is 5.32 Å². The Balaban J connectivity index is 1.72. The summed E-state index contributed by atoms with van der Waals surface area (Å²) >= 11 is 10.4. The molecule has 140 valence electrons. The van der Waals surface area contributed by atoms with Crippen LogP contribution in [0.2, 0.25) is 10.0 Å². The second kappa shape index (κ2) is 7.36. The first kappa shape index (κ1) is 18.6. The fourth-order valence-corrected chi connectivity index (χ4v) is 4.96. The Morgan fingerprint density at radius 1 is 1.15 bits per heavy atom. The van der Waals surface area contributed by atoms with Crippen molar-refractivity contribution in [2.45, 2.75) is 36.5 Å². The molecule has 2 amide bonds. The van der Waals surface area contributed by atoms with Crippen molar-refractivity contribution in [2.24, 2.45) is 0 Å². The number of halogens is 2. The highest BCUT2D eigenvalue weighted by atomic mass is 35.5. The van der Waals surface area contributed by atoms with E-state index < -0.39 is 29.1 Å². The molecule has 1 aliphatic carbocycles. The van der Waals surface area contributed by atoms with E-state index in [1.54, 1.807) is 12.1 Å². The van der Waals surface area contributed by atoms with E-state index in [1.165, 1.54) is 6.07 Å². The maximum absolute atomic E-state index is 12.9. The van der Waals surface area contributed by atoms with Gasteiger partial charge in [-0.2, -0.15) is 4.72 Å². The van der Waals surface area contributed by atoms with Gasteiger partial charge in [-0.25, -0.2) is 0 Å². The van der Waals surface area contributed by atoms with E-state index in [4.69, 9.17) is 23.2 Å². The Labute approximate surface area is 169 Å². The maximum Gasteiger partial charge on any atom is 0.278 e. The quantitative estimate of drug-likeness (QED) is 0.570. The number of rotatable bonds is 2. The molecular weight excluding hydrogens is 407 g/mol. The number of aryl methyl sites for hydroxylation is 2. The largest absolute Gasteiger partial charge is 0.588 e. The molecule has 0 saturated heterocycles. The first-order valence-corrected chi connectivity index (χ1v) is 10.5. The number of amides is 2. The third-order valence-electron chi connectivity index (χ3n) is 4.89.